The summed E-state index contributed by atoms with van der Waals surface area (Å²) in [6.45, 7) is 0.506. The molecule has 1 amide bonds. The molecule has 28 heavy (non-hydrogen) atoms. The molecule has 0 aliphatic heterocycles. The van der Waals surface area contributed by atoms with Crippen molar-refractivity contribution in [2.75, 3.05) is 26.5 Å². The number of methoxy groups -OCH3 is 2. The van der Waals surface area contributed by atoms with Gasteiger partial charge in [0.1, 0.15) is 6.54 Å². The minimum absolute atomic E-state index is 0.0264. The fraction of sp³-hybridized carbons (Fsp3) is 0.263. The molecule has 2 aromatic carbocycles. The second-order valence-electron chi connectivity index (χ2n) is 6.07. The Morgan fingerprint density at radius 2 is 1.86 bits per heavy atom. The van der Waals surface area contributed by atoms with Gasteiger partial charge in [0.15, 0.2) is 17.3 Å². The molecule has 0 saturated carbocycles. The Bertz CT molecular complexity index is 939. The van der Waals surface area contributed by atoms with E-state index in [-0.39, 0.29) is 12.5 Å². The summed E-state index contributed by atoms with van der Waals surface area (Å²) >= 11 is 0. The number of nitrogen functional groups attached to an aromatic ring is 1. The van der Waals surface area contributed by atoms with Crippen LogP contribution < -0.4 is 20.5 Å². The van der Waals surface area contributed by atoms with Gasteiger partial charge in [0, 0.05) is 17.8 Å². The van der Waals surface area contributed by atoms with Crippen LogP contribution in [0.2, 0.25) is 0 Å². The average Bonchev–Trinajstić information content (AvgIpc) is 3.16. The second-order valence-corrected chi connectivity index (χ2v) is 6.07. The number of carbonyl (C=O) groups excluding carboxylic acids is 1. The predicted molar refractivity (Wildman–Crippen MR) is 104 cm³/mol. The molecule has 3 rings (SSSR count). The maximum Gasteiger partial charge on any atom is 0.241 e. The Hall–Kier alpha value is -3.62. The summed E-state index contributed by atoms with van der Waals surface area (Å²) in [4.78, 5) is 12.3. The summed E-state index contributed by atoms with van der Waals surface area (Å²) in [5.74, 6) is 1.66. The van der Waals surface area contributed by atoms with Crippen molar-refractivity contribution in [3.05, 3.63) is 48.0 Å². The van der Waals surface area contributed by atoms with Gasteiger partial charge < -0.3 is 20.5 Å². The summed E-state index contributed by atoms with van der Waals surface area (Å²) in [6.07, 6.45) is 0.659. The lowest BCUT2D eigenvalue weighted by Crippen LogP contribution is -2.30. The van der Waals surface area contributed by atoms with Crippen LogP contribution in [-0.4, -0.2) is 46.9 Å². The Kier molecular flexibility index (Phi) is 6.05. The molecular formula is C19H22N6O3. The molecule has 3 aromatic rings. The van der Waals surface area contributed by atoms with Gasteiger partial charge in [-0.1, -0.05) is 6.07 Å². The third kappa shape index (κ3) is 4.56. The number of ether oxygens (including phenoxy) is 2. The minimum Gasteiger partial charge on any atom is -0.493 e. The number of tetrazole rings is 1. The monoisotopic (exact) mass is 382 g/mol. The number of aromatic nitrogens is 4. The first-order valence-electron chi connectivity index (χ1n) is 8.70. The first-order chi connectivity index (χ1) is 13.6. The van der Waals surface area contributed by atoms with E-state index in [2.05, 4.69) is 20.8 Å². The Morgan fingerprint density at radius 1 is 1.11 bits per heavy atom. The average molecular weight is 382 g/mol. The highest BCUT2D eigenvalue weighted by molar-refractivity contribution is 5.76. The van der Waals surface area contributed by atoms with E-state index < -0.39 is 0 Å². The molecule has 0 fully saturated rings. The molecule has 0 saturated heterocycles. The van der Waals surface area contributed by atoms with Crippen molar-refractivity contribution < 1.29 is 14.3 Å². The quantitative estimate of drug-likeness (QED) is 0.564. The third-order valence-electron chi connectivity index (χ3n) is 4.18. The van der Waals surface area contributed by atoms with E-state index in [0.29, 0.717) is 36.0 Å². The lowest BCUT2D eigenvalue weighted by Gasteiger charge is -2.10. The van der Waals surface area contributed by atoms with Gasteiger partial charge in [-0.3, -0.25) is 4.79 Å². The maximum absolute atomic E-state index is 12.3. The Balaban J connectivity index is 1.56. The smallest absolute Gasteiger partial charge is 0.241 e. The number of amides is 1. The van der Waals surface area contributed by atoms with Crippen LogP contribution in [0.1, 0.15) is 5.56 Å². The van der Waals surface area contributed by atoms with Gasteiger partial charge in [0.05, 0.1) is 14.2 Å². The molecule has 0 spiro atoms. The number of benzene rings is 2. The lowest BCUT2D eigenvalue weighted by molar-refractivity contribution is -0.121. The molecule has 9 nitrogen and oxygen atoms in total. The fourth-order valence-corrected chi connectivity index (χ4v) is 2.72. The zero-order valence-corrected chi connectivity index (χ0v) is 15.8. The predicted octanol–water partition coefficient (Wildman–Crippen LogP) is 1.30. The van der Waals surface area contributed by atoms with Crippen LogP contribution in [0.3, 0.4) is 0 Å². The van der Waals surface area contributed by atoms with E-state index in [9.17, 15) is 4.79 Å². The number of anilines is 1. The first-order valence-corrected chi connectivity index (χ1v) is 8.70. The molecule has 3 N–H and O–H groups in total. The standard InChI is InChI=1S/C19H22N6O3/c1-27-16-8-3-13(11-17(16)28-2)9-10-21-18(26)12-25-19(22-23-24-25)14-4-6-15(20)7-5-14/h3-8,11H,9-10,12,20H2,1-2H3,(H,21,26). The van der Waals surface area contributed by atoms with Crippen LogP contribution >= 0.6 is 0 Å². The van der Waals surface area contributed by atoms with Crippen LogP contribution in [0.4, 0.5) is 5.69 Å². The Labute approximate surface area is 162 Å². The molecule has 1 aromatic heterocycles. The number of hydrogen-bond donors (Lipinski definition) is 2. The molecule has 0 radical (unpaired) electrons. The number of carbonyl (C=O) groups is 1. The Morgan fingerprint density at radius 3 is 2.57 bits per heavy atom. The van der Waals surface area contributed by atoms with Crippen molar-refractivity contribution in [3.63, 3.8) is 0 Å². The van der Waals surface area contributed by atoms with Crippen molar-refractivity contribution >= 4 is 11.6 Å². The fourth-order valence-electron chi connectivity index (χ4n) is 2.72. The molecule has 0 atom stereocenters. The van der Waals surface area contributed by atoms with E-state index in [0.717, 1.165) is 11.1 Å². The molecule has 146 valence electrons. The van der Waals surface area contributed by atoms with Crippen LogP contribution in [0.25, 0.3) is 11.4 Å². The maximum atomic E-state index is 12.3. The number of nitrogens with two attached hydrogens (primary N) is 1. The summed E-state index contributed by atoms with van der Waals surface area (Å²) in [7, 11) is 3.18. The normalized spacial score (nSPS) is 10.5. The van der Waals surface area contributed by atoms with Crippen molar-refractivity contribution in [1.82, 2.24) is 25.5 Å². The largest absolute Gasteiger partial charge is 0.493 e. The third-order valence-corrected chi connectivity index (χ3v) is 4.18. The van der Waals surface area contributed by atoms with Gasteiger partial charge in [-0.2, -0.15) is 0 Å². The SMILES string of the molecule is COc1ccc(CCNC(=O)Cn2nnnc2-c2ccc(N)cc2)cc1OC. The number of nitrogens with zero attached hydrogens (tertiary/aromatic N) is 4. The second kappa shape index (κ2) is 8.85. The molecule has 0 aliphatic carbocycles. The van der Waals surface area contributed by atoms with Gasteiger partial charge in [-0.25, -0.2) is 4.68 Å². The summed E-state index contributed by atoms with van der Waals surface area (Å²) < 4.78 is 12.0. The van der Waals surface area contributed by atoms with Crippen LogP contribution in [-0.2, 0) is 17.8 Å². The molecular weight excluding hydrogens is 360 g/mol. The molecule has 0 bridgehead atoms. The summed E-state index contributed by atoms with van der Waals surface area (Å²) in [6, 6.07) is 12.8. The van der Waals surface area contributed by atoms with Gasteiger partial charge in [0.25, 0.3) is 0 Å². The number of nitrogens with one attached hydrogen (secondary N) is 1. The highest BCUT2D eigenvalue weighted by atomic mass is 16.5. The van der Waals surface area contributed by atoms with E-state index in [1.807, 2.05) is 30.3 Å². The first kappa shape index (κ1) is 19.2. The molecule has 0 unspecified atom stereocenters. The zero-order chi connectivity index (χ0) is 19.9. The van der Waals surface area contributed by atoms with E-state index >= 15 is 0 Å². The molecule has 9 heteroatoms. The van der Waals surface area contributed by atoms with Crippen LogP contribution in [0.15, 0.2) is 42.5 Å². The highest BCUT2D eigenvalue weighted by Crippen LogP contribution is 2.27. The van der Waals surface area contributed by atoms with Crippen molar-refractivity contribution in [1.29, 1.82) is 0 Å². The van der Waals surface area contributed by atoms with Crippen LogP contribution in [0, 0.1) is 0 Å². The van der Waals surface area contributed by atoms with E-state index in [4.69, 9.17) is 15.2 Å². The highest BCUT2D eigenvalue weighted by Gasteiger charge is 2.12. The summed E-state index contributed by atoms with van der Waals surface area (Å²) in [5, 5.41) is 14.4. The van der Waals surface area contributed by atoms with E-state index in [1.54, 1.807) is 26.4 Å². The van der Waals surface area contributed by atoms with Crippen LogP contribution in [0.5, 0.6) is 11.5 Å². The van der Waals surface area contributed by atoms with E-state index in [1.165, 1.54) is 4.68 Å². The number of rotatable bonds is 8. The molecule has 0 aliphatic rings. The van der Waals surface area contributed by atoms with Gasteiger partial charge in [-0.15, -0.1) is 5.10 Å². The van der Waals surface area contributed by atoms with Crippen molar-refractivity contribution in [2.45, 2.75) is 13.0 Å². The topological polar surface area (TPSA) is 117 Å². The zero-order valence-electron chi connectivity index (χ0n) is 15.8. The lowest BCUT2D eigenvalue weighted by atomic mass is 10.1. The molecule has 1 heterocycles. The van der Waals surface area contributed by atoms with Gasteiger partial charge in [-0.05, 0) is 58.8 Å². The van der Waals surface area contributed by atoms with Crippen molar-refractivity contribution in [3.8, 4) is 22.9 Å². The number of hydrogen-bond acceptors (Lipinski definition) is 7. The summed E-state index contributed by atoms with van der Waals surface area (Å²) in [5.41, 5.74) is 8.17. The van der Waals surface area contributed by atoms with Gasteiger partial charge in [0.2, 0.25) is 5.91 Å². The van der Waals surface area contributed by atoms with Gasteiger partial charge >= 0.3 is 0 Å². The minimum atomic E-state index is -0.176. The van der Waals surface area contributed by atoms with Crippen molar-refractivity contribution in [2.24, 2.45) is 0 Å².